The van der Waals surface area contributed by atoms with Crippen LogP contribution >= 0.6 is 0 Å². The van der Waals surface area contributed by atoms with Crippen LogP contribution in [0.25, 0.3) is 10.4 Å². The van der Waals surface area contributed by atoms with E-state index in [1.807, 2.05) is 0 Å². The summed E-state index contributed by atoms with van der Waals surface area (Å²) in [7, 11) is 0. The molecule has 1 rings (SSSR count). The number of hydrogen-bond acceptors (Lipinski definition) is 3. The molecule has 0 aromatic rings. The van der Waals surface area contributed by atoms with E-state index in [2.05, 4.69) is 10.0 Å². The van der Waals surface area contributed by atoms with Crippen molar-refractivity contribution >= 4 is 0 Å². The third kappa shape index (κ3) is 1.83. The van der Waals surface area contributed by atoms with Crippen molar-refractivity contribution in [3.8, 4) is 0 Å². The first-order valence-corrected chi connectivity index (χ1v) is 3.61. The van der Waals surface area contributed by atoms with Gasteiger partial charge >= 0.3 is 0 Å². The Kier molecular flexibility index (Phi) is 2.70. The lowest BCUT2D eigenvalue weighted by atomic mass is 10.1. The monoisotopic (exact) mass is 157 g/mol. The summed E-state index contributed by atoms with van der Waals surface area (Å²) in [6.45, 7) is 0.0640. The number of aliphatic hydroxyl groups is 2. The molecule has 1 saturated carbocycles. The molecule has 1 aliphatic carbocycles. The van der Waals surface area contributed by atoms with E-state index in [-0.39, 0.29) is 18.6 Å². The van der Waals surface area contributed by atoms with Crippen LogP contribution in [0.3, 0.4) is 0 Å². The highest BCUT2D eigenvalue weighted by Crippen LogP contribution is 2.27. The standard InChI is InChI=1S/C6H11N3O2/c7-9-8-5-1-4(3-10)2-6(5)11/h4-6,10-11H,1-3H2/t4-,5+,6+/m0/s1. The molecule has 11 heavy (non-hydrogen) atoms. The number of azide groups is 1. The highest BCUT2D eigenvalue weighted by Gasteiger charge is 2.31. The summed E-state index contributed by atoms with van der Waals surface area (Å²) in [5.74, 6) is 0.0977. The van der Waals surface area contributed by atoms with Gasteiger partial charge in [-0.2, -0.15) is 0 Å². The van der Waals surface area contributed by atoms with Crippen LogP contribution in [-0.4, -0.2) is 29.0 Å². The molecule has 3 atom stereocenters. The maximum atomic E-state index is 9.25. The van der Waals surface area contributed by atoms with Gasteiger partial charge in [0.1, 0.15) is 0 Å². The summed E-state index contributed by atoms with van der Waals surface area (Å²) in [5, 5.41) is 21.4. The van der Waals surface area contributed by atoms with Gasteiger partial charge in [-0.25, -0.2) is 0 Å². The predicted octanol–water partition coefficient (Wildman–Crippen LogP) is 0.428. The zero-order valence-electron chi connectivity index (χ0n) is 6.09. The molecule has 0 aliphatic heterocycles. The van der Waals surface area contributed by atoms with Crippen LogP contribution in [0.4, 0.5) is 0 Å². The van der Waals surface area contributed by atoms with Crippen LogP contribution in [0, 0.1) is 5.92 Å². The molecule has 0 radical (unpaired) electrons. The minimum Gasteiger partial charge on any atom is -0.396 e. The molecule has 0 aromatic carbocycles. The Morgan fingerprint density at radius 1 is 1.55 bits per heavy atom. The molecule has 1 fully saturated rings. The van der Waals surface area contributed by atoms with Crippen molar-refractivity contribution in [2.24, 2.45) is 11.0 Å². The highest BCUT2D eigenvalue weighted by molar-refractivity contribution is 4.87. The molecule has 0 aromatic heterocycles. The van der Waals surface area contributed by atoms with E-state index in [0.29, 0.717) is 12.8 Å². The van der Waals surface area contributed by atoms with Crippen LogP contribution in [-0.2, 0) is 0 Å². The minimum absolute atomic E-state index is 0.0640. The normalized spacial score (nSPS) is 36.7. The largest absolute Gasteiger partial charge is 0.396 e. The average Bonchev–Trinajstić information content (AvgIpc) is 2.33. The van der Waals surface area contributed by atoms with E-state index in [1.54, 1.807) is 0 Å². The Hall–Kier alpha value is -0.770. The quantitative estimate of drug-likeness (QED) is 0.345. The van der Waals surface area contributed by atoms with Crippen molar-refractivity contribution in [1.29, 1.82) is 0 Å². The minimum atomic E-state index is -0.567. The van der Waals surface area contributed by atoms with Gasteiger partial charge in [0.05, 0.1) is 12.1 Å². The predicted molar refractivity (Wildman–Crippen MR) is 38.8 cm³/mol. The molecule has 0 bridgehead atoms. The zero-order chi connectivity index (χ0) is 8.27. The number of hydrogen-bond donors (Lipinski definition) is 2. The molecule has 0 unspecified atom stereocenters. The topological polar surface area (TPSA) is 89.2 Å². The van der Waals surface area contributed by atoms with Gasteiger partial charge in [0, 0.05) is 11.5 Å². The first-order chi connectivity index (χ1) is 5.27. The Balaban J connectivity index is 2.51. The lowest BCUT2D eigenvalue weighted by Crippen LogP contribution is -2.15. The molecule has 0 spiro atoms. The highest BCUT2D eigenvalue weighted by atomic mass is 16.3. The maximum absolute atomic E-state index is 9.25. The Labute approximate surface area is 64.3 Å². The molecule has 0 heterocycles. The third-order valence-electron chi connectivity index (χ3n) is 2.05. The van der Waals surface area contributed by atoms with Gasteiger partial charge in [0.15, 0.2) is 0 Å². The molecular weight excluding hydrogens is 146 g/mol. The van der Waals surface area contributed by atoms with Crippen molar-refractivity contribution in [3.05, 3.63) is 10.4 Å². The van der Waals surface area contributed by atoms with Crippen molar-refractivity contribution in [3.63, 3.8) is 0 Å². The first-order valence-electron chi connectivity index (χ1n) is 3.61. The smallest absolute Gasteiger partial charge is 0.0637 e. The summed E-state index contributed by atoms with van der Waals surface area (Å²) in [6, 6.07) is -0.336. The SMILES string of the molecule is [N-]=[N+]=N[C@@H]1C[C@H](CO)C[C@H]1O. The van der Waals surface area contributed by atoms with Gasteiger partial charge in [-0.05, 0) is 24.3 Å². The number of aliphatic hydroxyl groups excluding tert-OH is 2. The molecule has 0 saturated heterocycles. The zero-order valence-corrected chi connectivity index (χ0v) is 6.09. The second kappa shape index (κ2) is 3.57. The van der Waals surface area contributed by atoms with E-state index in [9.17, 15) is 5.11 Å². The second-order valence-electron chi connectivity index (χ2n) is 2.86. The summed E-state index contributed by atoms with van der Waals surface area (Å²) in [4.78, 5) is 2.62. The van der Waals surface area contributed by atoms with E-state index in [4.69, 9.17) is 10.6 Å². The summed E-state index contributed by atoms with van der Waals surface area (Å²) >= 11 is 0. The molecule has 0 amide bonds. The van der Waals surface area contributed by atoms with E-state index in [0.717, 1.165) is 0 Å². The fourth-order valence-electron chi connectivity index (χ4n) is 1.43. The van der Waals surface area contributed by atoms with Gasteiger partial charge in [0.2, 0.25) is 0 Å². The molecule has 5 nitrogen and oxygen atoms in total. The van der Waals surface area contributed by atoms with Crippen LogP contribution in [0.2, 0.25) is 0 Å². The van der Waals surface area contributed by atoms with Crippen LogP contribution < -0.4 is 0 Å². The fourth-order valence-corrected chi connectivity index (χ4v) is 1.43. The van der Waals surface area contributed by atoms with E-state index < -0.39 is 6.10 Å². The van der Waals surface area contributed by atoms with Gasteiger partial charge in [-0.1, -0.05) is 5.11 Å². The van der Waals surface area contributed by atoms with Crippen LogP contribution in [0.1, 0.15) is 12.8 Å². The number of nitrogens with zero attached hydrogens (tertiary/aromatic N) is 3. The van der Waals surface area contributed by atoms with E-state index >= 15 is 0 Å². The lowest BCUT2D eigenvalue weighted by Gasteiger charge is -2.04. The molecular formula is C6H11N3O2. The van der Waals surface area contributed by atoms with Crippen molar-refractivity contribution < 1.29 is 10.2 Å². The van der Waals surface area contributed by atoms with Gasteiger partial charge in [0.25, 0.3) is 0 Å². The van der Waals surface area contributed by atoms with Crippen LogP contribution in [0.5, 0.6) is 0 Å². The van der Waals surface area contributed by atoms with Gasteiger partial charge in [-0.15, -0.1) is 0 Å². The average molecular weight is 157 g/mol. The second-order valence-corrected chi connectivity index (χ2v) is 2.86. The van der Waals surface area contributed by atoms with Crippen molar-refractivity contribution in [2.45, 2.75) is 25.0 Å². The molecule has 2 N–H and O–H groups in total. The summed E-state index contributed by atoms with van der Waals surface area (Å²) in [5.41, 5.74) is 8.09. The Bertz CT molecular complexity index is 179. The van der Waals surface area contributed by atoms with Crippen LogP contribution in [0.15, 0.2) is 5.11 Å². The van der Waals surface area contributed by atoms with Crippen molar-refractivity contribution in [2.75, 3.05) is 6.61 Å². The summed E-state index contributed by atoms with van der Waals surface area (Å²) in [6.07, 6.45) is 0.574. The maximum Gasteiger partial charge on any atom is 0.0637 e. The molecule has 62 valence electrons. The summed E-state index contributed by atoms with van der Waals surface area (Å²) < 4.78 is 0. The Morgan fingerprint density at radius 2 is 2.27 bits per heavy atom. The van der Waals surface area contributed by atoms with Gasteiger partial charge < -0.3 is 10.2 Å². The number of rotatable bonds is 2. The Morgan fingerprint density at radius 3 is 2.73 bits per heavy atom. The van der Waals surface area contributed by atoms with E-state index in [1.165, 1.54) is 0 Å². The van der Waals surface area contributed by atoms with Crippen molar-refractivity contribution in [1.82, 2.24) is 0 Å². The van der Waals surface area contributed by atoms with Gasteiger partial charge in [-0.3, -0.25) is 0 Å². The molecule has 1 aliphatic rings. The lowest BCUT2D eigenvalue weighted by molar-refractivity contribution is 0.153. The fraction of sp³-hybridized carbons (Fsp3) is 1.00. The third-order valence-corrected chi connectivity index (χ3v) is 2.05. The molecule has 5 heteroatoms. The first kappa shape index (κ1) is 8.33.